The molecule has 76 valence electrons. The Hall–Kier alpha value is -0.320. The van der Waals surface area contributed by atoms with Crippen molar-refractivity contribution in [2.45, 2.75) is 0 Å². The molecule has 0 saturated carbocycles. The van der Waals surface area contributed by atoms with Crippen LogP contribution in [0.5, 0.6) is 0 Å². The van der Waals surface area contributed by atoms with Gasteiger partial charge >= 0.3 is 0 Å². The quantitative estimate of drug-likeness (QED) is 0.737. The zero-order chi connectivity index (χ0) is 9.97. The second-order valence-corrected chi connectivity index (χ2v) is 4.21. The highest BCUT2D eigenvalue weighted by atomic mass is 79.9. The molecule has 5 heteroatoms. The topological polar surface area (TPSA) is 25.4 Å². The van der Waals surface area contributed by atoms with E-state index in [0.29, 0.717) is 5.15 Å². The summed E-state index contributed by atoms with van der Waals surface area (Å²) in [6, 6.07) is 3.88. The molecule has 0 aliphatic carbocycles. The van der Waals surface area contributed by atoms with Crippen molar-refractivity contribution in [3.8, 4) is 0 Å². The van der Waals surface area contributed by atoms with E-state index >= 15 is 0 Å². The Kier molecular flexibility index (Phi) is 3.26. The van der Waals surface area contributed by atoms with Crippen LogP contribution in [-0.2, 0) is 4.74 Å². The highest BCUT2D eigenvalue weighted by Gasteiger charge is 2.14. The van der Waals surface area contributed by atoms with E-state index in [1.54, 1.807) is 0 Å². The van der Waals surface area contributed by atoms with Gasteiger partial charge in [0.25, 0.3) is 0 Å². The number of halogens is 2. The van der Waals surface area contributed by atoms with Crippen molar-refractivity contribution >= 4 is 33.2 Å². The van der Waals surface area contributed by atoms with Crippen LogP contribution < -0.4 is 4.90 Å². The average molecular weight is 278 g/mol. The lowest BCUT2D eigenvalue weighted by molar-refractivity contribution is 0.122. The summed E-state index contributed by atoms with van der Waals surface area (Å²) in [5, 5.41) is 0.543. The third-order valence-electron chi connectivity index (χ3n) is 2.15. The standard InChI is InChI=1S/C9H10BrClN2O/c10-8-2-1-7(9(11)12-8)13-3-5-14-6-4-13/h1-2H,3-6H2. The predicted molar refractivity (Wildman–Crippen MR) is 60.0 cm³/mol. The van der Waals surface area contributed by atoms with Crippen LogP contribution in [0.4, 0.5) is 5.69 Å². The molecule has 0 bridgehead atoms. The molecule has 14 heavy (non-hydrogen) atoms. The van der Waals surface area contributed by atoms with Gasteiger partial charge in [0, 0.05) is 13.1 Å². The summed E-state index contributed by atoms with van der Waals surface area (Å²) in [4.78, 5) is 6.33. The number of nitrogens with zero attached hydrogens (tertiary/aromatic N) is 2. The molecule has 1 aliphatic rings. The van der Waals surface area contributed by atoms with Crippen LogP contribution in [0.2, 0.25) is 5.15 Å². The molecule has 1 aromatic heterocycles. The second kappa shape index (κ2) is 4.47. The van der Waals surface area contributed by atoms with Crippen LogP contribution in [0.3, 0.4) is 0 Å². The van der Waals surface area contributed by atoms with Crippen LogP contribution >= 0.6 is 27.5 Å². The maximum Gasteiger partial charge on any atom is 0.153 e. The molecule has 1 saturated heterocycles. The Labute approximate surface area is 96.1 Å². The van der Waals surface area contributed by atoms with Gasteiger partial charge in [-0.05, 0) is 28.1 Å². The number of aromatic nitrogens is 1. The summed E-state index contributed by atoms with van der Waals surface area (Å²) < 4.78 is 6.03. The van der Waals surface area contributed by atoms with E-state index in [2.05, 4.69) is 25.8 Å². The van der Waals surface area contributed by atoms with Crippen molar-refractivity contribution in [1.29, 1.82) is 0 Å². The maximum atomic E-state index is 6.04. The molecule has 0 N–H and O–H groups in total. The molecule has 1 aliphatic heterocycles. The summed E-state index contributed by atoms with van der Waals surface area (Å²) >= 11 is 9.32. The Morgan fingerprint density at radius 3 is 2.71 bits per heavy atom. The highest BCUT2D eigenvalue weighted by molar-refractivity contribution is 9.10. The molecule has 1 fully saturated rings. The maximum absolute atomic E-state index is 6.04. The van der Waals surface area contributed by atoms with E-state index in [-0.39, 0.29) is 0 Å². The number of rotatable bonds is 1. The molecule has 0 amide bonds. The highest BCUT2D eigenvalue weighted by Crippen LogP contribution is 2.26. The number of hydrogen-bond donors (Lipinski definition) is 0. The normalized spacial score (nSPS) is 17.1. The molecule has 0 atom stereocenters. The molecule has 2 rings (SSSR count). The van der Waals surface area contributed by atoms with Crippen molar-refractivity contribution in [2.24, 2.45) is 0 Å². The summed E-state index contributed by atoms with van der Waals surface area (Å²) in [5.74, 6) is 0. The van der Waals surface area contributed by atoms with E-state index in [9.17, 15) is 0 Å². The first-order valence-electron chi connectivity index (χ1n) is 4.42. The monoisotopic (exact) mass is 276 g/mol. The van der Waals surface area contributed by atoms with Gasteiger partial charge in [-0.25, -0.2) is 4.98 Å². The number of anilines is 1. The summed E-state index contributed by atoms with van der Waals surface area (Å²) in [6.07, 6.45) is 0. The van der Waals surface area contributed by atoms with Gasteiger partial charge in [-0.1, -0.05) is 11.6 Å². The number of morpholine rings is 1. The fourth-order valence-corrected chi connectivity index (χ4v) is 2.13. The van der Waals surface area contributed by atoms with Crippen LogP contribution in [0.25, 0.3) is 0 Å². The van der Waals surface area contributed by atoms with Crippen LogP contribution in [0.15, 0.2) is 16.7 Å². The fraction of sp³-hybridized carbons (Fsp3) is 0.444. The predicted octanol–water partition coefficient (Wildman–Crippen LogP) is 2.33. The fourth-order valence-electron chi connectivity index (χ4n) is 1.44. The molecule has 0 unspecified atom stereocenters. The summed E-state index contributed by atoms with van der Waals surface area (Å²) in [6.45, 7) is 3.27. The molecule has 3 nitrogen and oxygen atoms in total. The lowest BCUT2D eigenvalue weighted by atomic mass is 10.3. The van der Waals surface area contributed by atoms with E-state index in [1.807, 2.05) is 12.1 Å². The van der Waals surface area contributed by atoms with Crippen molar-refractivity contribution in [2.75, 3.05) is 31.2 Å². The number of ether oxygens (including phenoxy) is 1. The molecule has 2 heterocycles. The number of hydrogen-bond acceptors (Lipinski definition) is 3. The van der Waals surface area contributed by atoms with Gasteiger partial charge in [0.1, 0.15) is 4.60 Å². The SMILES string of the molecule is Clc1nc(Br)ccc1N1CCOCC1. The Balaban J connectivity index is 2.22. The molecular formula is C9H10BrClN2O. The lowest BCUT2D eigenvalue weighted by Crippen LogP contribution is -2.36. The largest absolute Gasteiger partial charge is 0.378 e. The summed E-state index contributed by atoms with van der Waals surface area (Å²) in [7, 11) is 0. The first-order valence-corrected chi connectivity index (χ1v) is 5.59. The van der Waals surface area contributed by atoms with E-state index < -0.39 is 0 Å². The molecular weight excluding hydrogens is 267 g/mol. The third-order valence-corrected chi connectivity index (χ3v) is 2.87. The van der Waals surface area contributed by atoms with Crippen LogP contribution in [-0.4, -0.2) is 31.3 Å². The van der Waals surface area contributed by atoms with Crippen molar-refractivity contribution < 1.29 is 4.74 Å². The Morgan fingerprint density at radius 1 is 1.36 bits per heavy atom. The smallest absolute Gasteiger partial charge is 0.153 e. The van der Waals surface area contributed by atoms with Crippen molar-refractivity contribution in [3.63, 3.8) is 0 Å². The second-order valence-electron chi connectivity index (χ2n) is 3.04. The van der Waals surface area contributed by atoms with Crippen molar-refractivity contribution in [3.05, 3.63) is 21.9 Å². The van der Waals surface area contributed by atoms with Gasteiger partial charge in [0.2, 0.25) is 0 Å². The van der Waals surface area contributed by atoms with Gasteiger partial charge in [0.05, 0.1) is 18.9 Å². The Morgan fingerprint density at radius 2 is 2.07 bits per heavy atom. The van der Waals surface area contributed by atoms with Gasteiger partial charge in [0.15, 0.2) is 5.15 Å². The summed E-state index contributed by atoms with van der Waals surface area (Å²) in [5.41, 5.74) is 0.984. The Bertz CT molecular complexity index is 329. The van der Waals surface area contributed by atoms with E-state index in [0.717, 1.165) is 36.6 Å². The lowest BCUT2D eigenvalue weighted by Gasteiger charge is -2.29. The first kappa shape index (κ1) is 10.2. The van der Waals surface area contributed by atoms with Crippen LogP contribution in [0.1, 0.15) is 0 Å². The van der Waals surface area contributed by atoms with Gasteiger partial charge in [-0.2, -0.15) is 0 Å². The molecule has 0 radical (unpaired) electrons. The molecule has 0 aromatic carbocycles. The minimum atomic E-state index is 0.543. The van der Waals surface area contributed by atoms with Gasteiger partial charge in [-0.3, -0.25) is 0 Å². The zero-order valence-electron chi connectivity index (χ0n) is 7.54. The van der Waals surface area contributed by atoms with Gasteiger partial charge < -0.3 is 9.64 Å². The zero-order valence-corrected chi connectivity index (χ0v) is 9.88. The first-order chi connectivity index (χ1) is 6.77. The average Bonchev–Trinajstić information content (AvgIpc) is 2.19. The van der Waals surface area contributed by atoms with Crippen LogP contribution in [0, 0.1) is 0 Å². The van der Waals surface area contributed by atoms with E-state index in [4.69, 9.17) is 16.3 Å². The molecule has 1 aromatic rings. The molecule has 0 spiro atoms. The van der Waals surface area contributed by atoms with E-state index in [1.165, 1.54) is 0 Å². The van der Waals surface area contributed by atoms with Crippen molar-refractivity contribution in [1.82, 2.24) is 4.98 Å². The number of pyridine rings is 1. The third kappa shape index (κ3) is 2.19. The van der Waals surface area contributed by atoms with Gasteiger partial charge in [-0.15, -0.1) is 0 Å². The minimum Gasteiger partial charge on any atom is -0.378 e. The minimum absolute atomic E-state index is 0.543.